The van der Waals surface area contributed by atoms with Crippen molar-refractivity contribution in [3.8, 4) is 0 Å². The van der Waals surface area contributed by atoms with Crippen LogP contribution in [-0.2, 0) is 4.79 Å². The van der Waals surface area contributed by atoms with Gasteiger partial charge in [-0.1, -0.05) is 52.5 Å². The van der Waals surface area contributed by atoms with Crippen LogP contribution in [0.5, 0.6) is 0 Å². The number of hydrogen-bond acceptors (Lipinski definition) is 1. The number of allylic oxidation sites excluding steroid dienone is 1. The average molecular weight is 290 g/mol. The zero-order valence-corrected chi connectivity index (χ0v) is 14.2. The summed E-state index contributed by atoms with van der Waals surface area (Å²) in [6, 6.07) is 0. The number of hydrogen-bond donors (Lipinski definition) is 0. The van der Waals surface area contributed by atoms with Gasteiger partial charge in [-0.05, 0) is 62.4 Å². The molecule has 0 spiro atoms. The Hall–Kier alpha value is -0.590. The molecular weight excluding hydrogens is 256 g/mol. The van der Waals surface area contributed by atoms with Crippen LogP contribution in [-0.4, -0.2) is 5.78 Å². The van der Waals surface area contributed by atoms with Gasteiger partial charge in [0.1, 0.15) is 0 Å². The molecule has 2 fully saturated rings. The Labute approximate surface area is 131 Å². The van der Waals surface area contributed by atoms with E-state index in [-0.39, 0.29) is 5.41 Å². The summed E-state index contributed by atoms with van der Waals surface area (Å²) in [5, 5.41) is 0. The third-order valence-electron chi connectivity index (χ3n) is 6.44. The summed E-state index contributed by atoms with van der Waals surface area (Å²) in [5.74, 6) is 2.72. The van der Waals surface area contributed by atoms with Gasteiger partial charge in [0.05, 0.1) is 0 Å². The Bertz CT molecular complexity index is 341. The van der Waals surface area contributed by atoms with Gasteiger partial charge in [0, 0.05) is 5.41 Å². The van der Waals surface area contributed by atoms with Crippen LogP contribution >= 0.6 is 0 Å². The topological polar surface area (TPSA) is 17.1 Å². The van der Waals surface area contributed by atoms with Crippen LogP contribution in [0.3, 0.4) is 0 Å². The number of unbranched alkanes of at least 4 members (excludes halogenated alkanes) is 1. The van der Waals surface area contributed by atoms with Crippen LogP contribution in [0.2, 0.25) is 0 Å². The molecule has 0 aromatic rings. The van der Waals surface area contributed by atoms with E-state index in [1.165, 1.54) is 57.8 Å². The van der Waals surface area contributed by atoms with Crippen molar-refractivity contribution in [2.75, 3.05) is 0 Å². The van der Waals surface area contributed by atoms with E-state index in [1.807, 2.05) is 0 Å². The maximum absolute atomic E-state index is 12.6. The van der Waals surface area contributed by atoms with Crippen LogP contribution < -0.4 is 0 Å². The molecule has 0 radical (unpaired) electrons. The molecule has 1 heteroatoms. The first-order valence-electron chi connectivity index (χ1n) is 9.29. The second-order valence-corrected chi connectivity index (χ2v) is 7.77. The fourth-order valence-electron chi connectivity index (χ4n) is 4.83. The van der Waals surface area contributed by atoms with Crippen LogP contribution in [0.15, 0.2) is 12.7 Å². The second kappa shape index (κ2) is 7.61. The predicted molar refractivity (Wildman–Crippen MR) is 90.2 cm³/mol. The molecule has 2 aliphatic rings. The zero-order chi connectivity index (χ0) is 15.3. The molecule has 1 nitrogen and oxygen atoms in total. The summed E-state index contributed by atoms with van der Waals surface area (Å²) in [6.07, 6.45) is 15.7. The van der Waals surface area contributed by atoms with Gasteiger partial charge in [0.25, 0.3) is 0 Å². The Balaban J connectivity index is 1.99. The van der Waals surface area contributed by atoms with Crippen LogP contribution in [0.4, 0.5) is 0 Å². The third kappa shape index (κ3) is 3.79. The molecule has 0 saturated heterocycles. The predicted octanol–water partition coefficient (Wildman–Crippen LogP) is 5.93. The normalized spacial score (nSPS) is 37.1. The minimum Gasteiger partial charge on any atom is -0.294 e. The first-order chi connectivity index (χ1) is 10.1. The van der Waals surface area contributed by atoms with Crippen molar-refractivity contribution < 1.29 is 4.79 Å². The molecule has 0 unspecified atom stereocenters. The van der Waals surface area contributed by atoms with Gasteiger partial charge < -0.3 is 0 Å². The molecular formula is C20H34O. The molecule has 0 aliphatic heterocycles. The number of rotatable bonds is 6. The highest BCUT2D eigenvalue weighted by Crippen LogP contribution is 2.51. The Morgan fingerprint density at radius 3 is 2.29 bits per heavy atom. The van der Waals surface area contributed by atoms with Crippen molar-refractivity contribution in [2.45, 2.75) is 84.5 Å². The summed E-state index contributed by atoms with van der Waals surface area (Å²) in [6.45, 7) is 8.42. The van der Waals surface area contributed by atoms with E-state index in [2.05, 4.69) is 20.4 Å². The van der Waals surface area contributed by atoms with E-state index in [9.17, 15) is 4.79 Å². The second-order valence-electron chi connectivity index (χ2n) is 7.77. The highest BCUT2D eigenvalue weighted by atomic mass is 16.1. The monoisotopic (exact) mass is 290 g/mol. The fraction of sp³-hybridized carbons (Fsp3) is 0.850. The highest BCUT2D eigenvalue weighted by Gasteiger charge is 2.46. The summed E-state index contributed by atoms with van der Waals surface area (Å²) in [5.41, 5.74) is -0.0377. The fourth-order valence-corrected chi connectivity index (χ4v) is 4.83. The first kappa shape index (κ1) is 16.8. The number of ketones is 1. The lowest BCUT2D eigenvalue weighted by Crippen LogP contribution is -2.42. The Morgan fingerprint density at radius 1 is 1.14 bits per heavy atom. The lowest BCUT2D eigenvalue weighted by molar-refractivity contribution is -0.131. The Kier molecular flexibility index (Phi) is 6.08. The maximum Gasteiger partial charge on any atom is 0.161 e. The molecule has 2 rings (SSSR count). The van der Waals surface area contributed by atoms with E-state index in [0.717, 1.165) is 24.7 Å². The van der Waals surface area contributed by atoms with E-state index >= 15 is 0 Å². The smallest absolute Gasteiger partial charge is 0.161 e. The Morgan fingerprint density at radius 2 is 1.76 bits per heavy atom. The molecule has 0 bridgehead atoms. The number of carbonyl (C=O) groups is 1. The molecule has 2 saturated carbocycles. The van der Waals surface area contributed by atoms with Crippen LogP contribution in [0.25, 0.3) is 0 Å². The minimum absolute atomic E-state index is 0.0377. The van der Waals surface area contributed by atoms with Gasteiger partial charge in [0.2, 0.25) is 0 Å². The summed E-state index contributed by atoms with van der Waals surface area (Å²) in [4.78, 5) is 12.6. The quantitative estimate of drug-likeness (QED) is 0.554. The van der Waals surface area contributed by atoms with Crippen molar-refractivity contribution in [1.82, 2.24) is 0 Å². The summed E-state index contributed by atoms with van der Waals surface area (Å²) >= 11 is 0. The molecule has 0 N–H and O–H groups in total. The summed E-state index contributed by atoms with van der Waals surface area (Å²) in [7, 11) is 0. The van der Waals surface area contributed by atoms with E-state index in [1.54, 1.807) is 6.08 Å². The van der Waals surface area contributed by atoms with Crippen molar-refractivity contribution in [1.29, 1.82) is 0 Å². The first-order valence-corrected chi connectivity index (χ1v) is 9.29. The van der Waals surface area contributed by atoms with Crippen LogP contribution in [0.1, 0.15) is 84.5 Å². The SMILES string of the molecule is C=CC(=O)C1(C2CCC(CCCC)CC2)CCC(C)CC1. The van der Waals surface area contributed by atoms with Crippen molar-refractivity contribution in [3.63, 3.8) is 0 Å². The van der Waals surface area contributed by atoms with Gasteiger partial charge in [-0.2, -0.15) is 0 Å². The van der Waals surface area contributed by atoms with Crippen molar-refractivity contribution >= 4 is 5.78 Å². The summed E-state index contributed by atoms with van der Waals surface area (Å²) < 4.78 is 0. The molecule has 21 heavy (non-hydrogen) atoms. The van der Waals surface area contributed by atoms with E-state index < -0.39 is 0 Å². The van der Waals surface area contributed by atoms with Crippen molar-refractivity contribution in [3.05, 3.63) is 12.7 Å². The van der Waals surface area contributed by atoms with Gasteiger partial charge >= 0.3 is 0 Å². The largest absolute Gasteiger partial charge is 0.294 e. The minimum atomic E-state index is -0.0377. The van der Waals surface area contributed by atoms with Crippen LogP contribution in [0, 0.1) is 23.2 Å². The molecule has 0 aromatic heterocycles. The molecule has 120 valence electrons. The molecule has 0 atom stereocenters. The van der Waals surface area contributed by atoms with E-state index in [4.69, 9.17) is 0 Å². The lowest BCUT2D eigenvalue weighted by Gasteiger charge is -2.46. The van der Waals surface area contributed by atoms with Gasteiger partial charge in [-0.15, -0.1) is 0 Å². The standard InChI is InChI=1S/C20H34O/c1-4-6-7-17-8-10-18(11-9-17)20(19(21)5-2)14-12-16(3)13-15-20/h5,16-18H,2,4,6-15H2,1,3H3. The molecule has 0 heterocycles. The highest BCUT2D eigenvalue weighted by molar-refractivity contribution is 5.94. The third-order valence-corrected chi connectivity index (χ3v) is 6.44. The lowest BCUT2D eigenvalue weighted by atomic mass is 9.57. The van der Waals surface area contributed by atoms with Crippen molar-refractivity contribution in [2.24, 2.45) is 23.2 Å². The zero-order valence-electron chi connectivity index (χ0n) is 14.2. The average Bonchev–Trinajstić information content (AvgIpc) is 2.53. The molecule has 0 aromatic carbocycles. The molecule has 0 amide bonds. The van der Waals surface area contributed by atoms with E-state index in [0.29, 0.717) is 11.7 Å². The van der Waals surface area contributed by atoms with Gasteiger partial charge in [-0.3, -0.25) is 4.79 Å². The maximum atomic E-state index is 12.6. The van der Waals surface area contributed by atoms with Gasteiger partial charge in [-0.25, -0.2) is 0 Å². The van der Waals surface area contributed by atoms with Gasteiger partial charge in [0.15, 0.2) is 5.78 Å². The molecule has 2 aliphatic carbocycles. The number of carbonyl (C=O) groups excluding carboxylic acids is 1.